The van der Waals surface area contributed by atoms with Gasteiger partial charge in [-0.3, -0.25) is 34.3 Å². The minimum absolute atomic E-state index is 0.0292. The number of aliphatic carboxylic acids is 1. The molecule has 4 aliphatic rings. The summed E-state index contributed by atoms with van der Waals surface area (Å²) >= 11 is 0. The highest BCUT2D eigenvalue weighted by Gasteiger charge is 2.71. The molecule has 3 N–H and O–H groups in total. The Labute approximate surface area is 294 Å². The van der Waals surface area contributed by atoms with Gasteiger partial charge in [0.15, 0.2) is 0 Å². The van der Waals surface area contributed by atoms with E-state index in [-0.39, 0.29) is 55.2 Å². The number of phenols is 1. The molecular formula is C39H39N3O9. The van der Waals surface area contributed by atoms with E-state index in [0.717, 1.165) is 15.5 Å². The van der Waals surface area contributed by atoms with Gasteiger partial charge in [0.1, 0.15) is 17.2 Å². The number of nitrogens with one attached hydrogen (secondary N) is 1. The van der Waals surface area contributed by atoms with Crippen LogP contribution in [0.3, 0.4) is 0 Å². The van der Waals surface area contributed by atoms with E-state index in [1.54, 1.807) is 42.5 Å². The molecule has 0 radical (unpaired) electrons. The summed E-state index contributed by atoms with van der Waals surface area (Å²) in [6.45, 7) is 1.90. The Morgan fingerprint density at radius 3 is 2.33 bits per heavy atom. The molecule has 51 heavy (non-hydrogen) atoms. The highest BCUT2D eigenvalue weighted by Crippen LogP contribution is 2.66. The molecular weight excluding hydrogens is 654 g/mol. The highest BCUT2D eigenvalue weighted by atomic mass is 16.5. The van der Waals surface area contributed by atoms with E-state index >= 15 is 4.79 Å². The number of hydrazine groups is 1. The second-order valence-electron chi connectivity index (χ2n) is 13.7. The number of fused-ring (bicyclic) bond motifs is 4. The van der Waals surface area contributed by atoms with Gasteiger partial charge < -0.3 is 19.7 Å². The molecule has 2 saturated heterocycles. The first-order chi connectivity index (χ1) is 24.5. The monoisotopic (exact) mass is 693 g/mol. The van der Waals surface area contributed by atoms with E-state index in [1.165, 1.54) is 20.3 Å². The molecule has 12 heteroatoms. The first-order valence-corrected chi connectivity index (χ1v) is 17.0. The molecule has 0 bridgehead atoms. The minimum Gasteiger partial charge on any atom is -0.507 e. The number of nitrogens with zero attached hydrogens (tertiary/aromatic N) is 2. The molecule has 3 aromatic rings. The number of phenolic OH excluding ortho intramolecular Hbond substituents is 1. The molecule has 264 valence electrons. The van der Waals surface area contributed by atoms with Crippen molar-refractivity contribution < 1.29 is 43.7 Å². The second kappa shape index (κ2) is 12.9. The number of likely N-dealkylation sites (tertiary alicyclic amines) is 1. The van der Waals surface area contributed by atoms with Crippen LogP contribution >= 0.6 is 0 Å². The van der Waals surface area contributed by atoms with Crippen LogP contribution in [0.15, 0.2) is 78.4 Å². The number of carbonyl (C=O) groups is 5. The van der Waals surface area contributed by atoms with Gasteiger partial charge in [-0.2, -0.15) is 5.01 Å². The van der Waals surface area contributed by atoms with Gasteiger partial charge in [0.05, 0.1) is 43.1 Å². The van der Waals surface area contributed by atoms with Crippen molar-refractivity contribution in [1.29, 1.82) is 0 Å². The number of benzene rings is 3. The molecule has 0 spiro atoms. The van der Waals surface area contributed by atoms with Crippen LogP contribution in [0.2, 0.25) is 0 Å². The van der Waals surface area contributed by atoms with Gasteiger partial charge in [-0.15, -0.1) is 0 Å². The summed E-state index contributed by atoms with van der Waals surface area (Å²) in [6.07, 6.45) is 2.08. The third-order valence-electron chi connectivity index (χ3n) is 11.1. The Morgan fingerprint density at radius 2 is 1.67 bits per heavy atom. The summed E-state index contributed by atoms with van der Waals surface area (Å²) in [5, 5.41) is 22.1. The molecule has 0 aromatic heterocycles. The maximum absolute atomic E-state index is 15.3. The van der Waals surface area contributed by atoms with Gasteiger partial charge in [-0.05, 0) is 49.8 Å². The maximum atomic E-state index is 15.3. The van der Waals surface area contributed by atoms with Crippen LogP contribution < -0.4 is 14.9 Å². The molecule has 7 rings (SSSR count). The quantitative estimate of drug-likeness (QED) is 0.203. The SMILES string of the molecule is COc1cc(O)c(C2C3=CCC4C(=O)N(CCCC(=O)O)C(=O)C4C3CC3C(=O)N(Nc4ccc(C)cc4)C(=O)C32c2ccccc2)c(OC)c1. The van der Waals surface area contributed by atoms with Crippen molar-refractivity contribution in [1.82, 2.24) is 9.91 Å². The number of rotatable bonds is 10. The van der Waals surface area contributed by atoms with Gasteiger partial charge >= 0.3 is 5.97 Å². The Morgan fingerprint density at radius 1 is 0.941 bits per heavy atom. The molecule has 2 heterocycles. The van der Waals surface area contributed by atoms with Crippen LogP contribution in [0.1, 0.15) is 48.3 Å². The summed E-state index contributed by atoms with van der Waals surface area (Å²) < 4.78 is 11.3. The number of methoxy groups -OCH3 is 2. The topological polar surface area (TPSA) is 163 Å². The van der Waals surface area contributed by atoms with Crippen LogP contribution in [-0.4, -0.2) is 70.5 Å². The zero-order valence-corrected chi connectivity index (χ0v) is 28.5. The molecule has 12 nitrogen and oxygen atoms in total. The lowest BCUT2D eigenvalue weighted by atomic mass is 9.49. The number of imide groups is 2. The van der Waals surface area contributed by atoms with Crippen LogP contribution in [0.4, 0.5) is 5.69 Å². The number of hydrogen-bond donors (Lipinski definition) is 3. The smallest absolute Gasteiger partial charge is 0.303 e. The van der Waals surface area contributed by atoms with E-state index in [1.807, 2.05) is 31.2 Å². The average molecular weight is 694 g/mol. The number of amides is 4. The fourth-order valence-electron chi connectivity index (χ4n) is 8.90. The third-order valence-corrected chi connectivity index (χ3v) is 11.1. The van der Waals surface area contributed by atoms with E-state index in [2.05, 4.69) is 5.43 Å². The van der Waals surface area contributed by atoms with E-state index in [0.29, 0.717) is 22.6 Å². The molecule has 3 aromatic carbocycles. The Hall–Kier alpha value is -5.65. The van der Waals surface area contributed by atoms with Crippen LogP contribution in [0.5, 0.6) is 17.2 Å². The van der Waals surface area contributed by atoms with Crippen molar-refractivity contribution >= 4 is 35.3 Å². The summed E-state index contributed by atoms with van der Waals surface area (Å²) in [7, 11) is 2.89. The Kier molecular flexibility index (Phi) is 8.56. The number of carbonyl (C=O) groups excluding carboxylic acids is 4. The zero-order valence-electron chi connectivity index (χ0n) is 28.5. The van der Waals surface area contributed by atoms with Gasteiger partial charge in [-0.1, -0.05) is 59.7 Å². The molecule has 4 amide bonds. The number of aromatic hydroxyl groups is 1. The number of hydrogen-bond acceptors (Lipinski definition) is 9. The van der Waals surface area contributed by atoms with E-state index < -0.39 is 58.7 Å². The van der Waals surface area contributed by atoms with Crippen LogP contribution in [0.25, 0.3) is 0 Å². The van der Waals surface area contributed by atoms with Crippen LogP contribution in [0, 0.1) is 30.6 Å². The van der Waals surface area contributed by atoms with Crippen molar-refractivity contribution in [3.63, 3.8) is 0 Å². The largest absolute Gasteiger partial charge is 0.507 e. The highest BCUT2D eigenvalue weighted by molar-refractivity contribution is 6.13. The summed E-state index contributed by atoms with van der Waals surface area (Å²) in [5.41, 5.74) is 4.44. The Balaban J connectivity index is 1.44. The predicted octanol–water partition coefficient (Wildman–Crippen LogP) is 4.57. The fourth-order valence-corrected chi connectivity index (χ4v) is 8.90. The molecule has 2 aliphatic carbocycles. The van der Waals surface area contributed by atoms with Crippen molar-refractivity contribution in [2.24, 2.45) is 23.7 Å². The van der Waals surface area contributed by atoms with Gasteiger partial charge in [0.2, 0.25) is 11.8 Å². The van der Waals surface area contributed by atoms with Crippen molar-refractivity contribution in [2.75, 3.05) is 26.2 Å². The number of anilines is 1. The predicted molar refractivity (Wildman–Crippen MR) is 184 cm³/mol. The average Bonchev–Trinajstić information content (AvgIpc) is 3.49. The number of carboxylic acid groups (broad SMARTS) is 1. The lowest BCUT2D eigenvalue weighted by Gasteiger charge is -2.50. The standard InChI is InChI=1S/C39H39N3O9/c1-21-11-13-23(14-12-21)40-42-36(47)28-20-27-25(15-16-26-32(27)37(48)41(35(26)46)17-7-10-31(44)45)34(33-29(43)18-24(50-2)19-30(33)51-3)39(28,38(42)49)22-8-5-4-6-9-22/h4-6,8-9,11-15,18-19,26-28,32,34,40,43H,7,10,16-17,20H2,1-3H3,(H,44,45). The second-order valence-corrected chi connectivity index (χ2v) is 13.7. The van der Waals surface area contributed by atoms with Gasteiger partial charge in [0, 0.05) is 36.6 Å². The van der Waals surface area contributed by atoms with Crippen LogP contribution in [-0.2, 0) is 29.4 Å². The molecule has 3 fully saturated rings. The summed E-state index contributed by atoms with van der Waals surface area (Å²) in [5.74, 6) is -6.76. The Bertz CT molecular complexity index is 1960. The molecule has 1 saturated carbocycles. The number of carboxylic acids is 1. The normalized spacial score (nSPS) is 26.7. The lowest BCUT2D eigenvalue weighted by molar-refractivity contribution is -0.142. The molecule has 2 aliphatic heterocycles. The number of allylic oxidation sites excluding steroid dienone is 2. The van der Waals surface area contributed by atoms with E-state index in [9.17, 15) is 29.4 Å². The molecule has 6 atom stereocenters. The van der Waals surface area contributed by atoms with Crippen molar-refractivity contribution in [3.8, 4) is 17.2 Å². The summed E-state index contributed by atoms with van der Waals surface area (Å²) in [4.78, 5) is 70.4. The number of ether oxygens (including phenoxy) is 2. The fraction of sp³-hybridized carbons (Fsp3) is 0.359. The maximum Gasteiger partial charge on any atom is 0.303 e. The van der Waals surface area contributed by atoms with Crippen molar-refractivity contribution in [3.05, 3.63) is 95.1 Å². The lowest BCUT2D eigenvalue weighted by Crippen LogP contribution is -2.53. The van der Waals surface area contributed by atoms with Crippen molar-refractivity contribution in [2.45, 2.75) is 43.9 Å². The van der Waals surface area contributed by atoms with Gasteiger partial charge in [-0.25, -0.2) is 0 Å². The molecule has 6 unspecified atom stereocenters. The summed E-state index contributed by atoms with van der Waals surface area (Å²) in [6, 6.07) is 19.3. The first-order valence-electron chi connectivity index (χ1n) is 17.0. The van der Waals surface area contributed by atoms with Gasteiger partial charge in [0.25, 0.3) is 11.8 Å². The zero-order chi connectivity index (χ0) is 36.2. The first kappa shape index (κ1) is 33.8. The third kappa shape index (κ3) is 5.23. The number of aryl methyl sites for hydroxylation is 1. The minimum atomic E-state index is -1.60. The van der Waals surface area contributed by atoms with E-state index in [4.69, 9.17) is 9.47 Å².